The summed E-state index contributed by atoms with van der Waals surface area (Å²) in [7, 11) is 0. The van der Waals surface area contributed by atoms with Crippen LogP contribution in [0.2, 0.25) is 0 Å². The van der Waals surface area contributed by atoms with E-state index in [4.69, 9.17) is 0 Å². The van der Waals surface area contributed by atoms with Crippen LogP contribution in [0.3, 0.4) is 0 Å². The lowest BCUT2D eigenvalue weighted by Gasteiger charge is -2.38. The van der Waals surface area contributed by atoms with Crippen molar-refractivity contribution >= 4 is 23.6 Å². The van der Waals surface area contributed by atoms with E-state index in [1.165, 1.54) is 11.8 Å². The van der Waals surface area contributed by atoms with Crippen molar-refractivity contribution in [2.75, 3.05) is 0 Å². The van der Waals surface area contributed by atoms with Crippen LogP contribution in [-0.2, 0) is 14.3 Å². The van der Waals surface area contributed by atoms with E-state index in [1.807, 2.05) is 44.2 Å². The molecule has 0 bridgehead atoms. The molecule has 1 fully saturated rings. The third-order valence-corrected chi connectivity index (χ3v) is 5.29. The van der Waals surface area contributed by atoms with Crippen molar-refractivity contribution in [1.82, 2.24) is 5.32 Å². The Balaban J connectivity index is 2.42. The first-order chi connectivity index (χ1) is 8.64. The van der Waals surface area contributed by atoms with E-state index in [2.05, 4.69) is 5.32 Å². The van der Waals surface area contributed by atoms with Gasteiger partial charge in [0.1, 0.15) is 4.75 Å². The summed E-state index contributed by atoms with van der Waals surface area (Å²) in [5.74, 6) is -0.344. The Morgan fingerprint density at radius 2 is 1.89 bits per heavy atom. The van der Waals surface area contributed by atoms with E-state index in [9.17, 15) is 9.59 Å². The van der Waals surface area contributed by atoms with Crippen LogP contribution in [0.15, 0.2) is 30.3 Å². The molecule has 1 aromatic carbocycles. The van der Waals surface area contributed by atoms with Crippen LogP contribution in [0, 0.1) is 0 Å². The zero-order valence-corrected chi connectivity index (χ0v) is 11.4. The number of rotatable bonds is 3. The highest BCUT2D eigenvalue weighted by Gasteiger charge is 2.47. The minimum Gasteiger partial charge on any atom is -0.294 e. The minimum absolute atomic E-state index is 0.150. The molecule has 0 spiro atoms. The number of hydrogen-bond acceptors (Lipinski definition) is 3. The second kappa shape index (κ2) is 5.14. The Morgan fingerprint density at radius 3 is 2.44 bits per heavy atom. The first kappa shape index (κ1) is 13.1. The molecule has 1 aromatic rings. The number of benzene rings is 1. The molecule has 4 heteroatoms. The Morgan fingerprint density at radius 1 is 1.22 bits per heavy atom. The van der Waals surface area contributed by atoms with Gasteiger partial charge in [0.05, 0.1) is 5.25 Å². The summed E-state index contributed by atoms with van der Waals surface area (Å²) in [6.07, 6.45) is 1.41. The van der Waals surface area contributed by atoms with Crippen molar-refractivity contribution in [1.29, 1.82) is 0 Å². The Bertz CT molecular complexity index is 460. The maximum absolute atomic E-state index is 12.3. The van der Waals surface area contributed by atoms with Gasteiger partial charge in [-0.15, -0.1) is 11.8 Å². The van der Waals surface area contributed by atoms with Crippen LogP contribution in [0.4, 0.5) is 0 Å². The third kappa shape index (κ3) is 2.05. The Labute approximate surface area is 111 Å². The molecule has 3 nitrogen and oxygen atoms in total. The molecule has 0 saturated carbocycles. The van der Waals surface area contributed by atoms with Crippen molar-refractivity contribution in [3.63, 3.8) is 0 Å². The van der Waals surface area contributed by atoms with Gasteiger partial charge in [-0.05, 0) is 18.4 Å². The van der Waals surface area contributed by atoms with Gasteiger partial charge < -0.3 is 0 Å². The summed E-state index contributed by atoms with van der Waals surface area (Å²) in [6.45, 7) is 3.96. The number of carbonyl (C=O) groups excluding carboxylic acids is 2. The van der Waals surface area contributed by atoms with Crippen molar-refractivity contribution in [2.24, 2.45) is 0 Å². The summed E-state index contributed by atoms with van der Waals surface area (Å²) in [4.78, 5) is 24.0. The molecule has 2 unspecified atom stereocenters. The van der Waals surface area contributed by atoms with E-state index in [0.717, 1.165) is 12.0 Å². The molecule has 0 aliphatic carbocycles. The number of amides is 2. The molecular weight excluding hydrogens is 246 g/mol. The topological polar surface area (TPSA) is 46.2 Å². The number of imide groups is 1. The van der Waals surface area contributed by atoms with Crippen LogP contribution in [0.1, 0.15) is 32.3 Å². The molecule has 2 rings (SSSR count). The van der Waals surface area contributed by atoms with E-state index < -0.39 is 4.75 Å². The number of hydrogen-bond donors (Lipinski definition) is 1. The molecule has 1 saturated heterocycles. The number of nitrogens with one attached hydrogen (secondary N) is 1. The van der Waals surface area contributed by atoms with Crippen molar-refractivity contribution in [2.45, 2.75) is 36.7 Å². The number of thioether (sulfide) groups is 1. The Hall–Kier alpha value is -1.29. The molecule has 2 atom stereocenters. The predicted molar refractivity (Wildman–Crippen MR) is 73.2 cm³/mol. The third-order valence-electron chi connectivity index (χ3n) is 3.35. The van der Waals surface area contributed by atoms with Gasteiger partial charge in [0.15, 0.2) is 0 Å². The molecule has 0 aromatic heterocycles. The fourth-order valence-electron chi connectivity index (χ4n) is 2.27. The monoisotopic (exact) mass is 263 g/mol. The second-order valence-corrected chi connectivity index (χ2v) is 5.88. The Kier molecular flexibility index (Phi) is 3.76. The average Bonchev–Trinajstić information content (AvgIpc) is 2.40. The van der Waals surface area contributed by atoms with Gasteiger partial charge in [-0.25, -0.2) is 0 Å². The van der Waals surface area contributed by atoms with Crippen LogP contribution in [-0.4, -0.2) is 17.1 Å². The first-order valence-electron chi connectivity index (χ1n) is 6.22. The standard InChI is InChI=1S/C14H17NO2S/c1-3-11-12(16)15-13(17)14(4-2,18-11)10-8-6-5-7-9-10/h5-9,11H,3-4H2,1-2H3,(H,15,16,17). The van der Waals surface area contributed by atoms with E-state index in [1.54, 1.807) is 0 Å². The van der Waals surface area contributed by atoms with Crippen LogP contribution >= 0.6 is 11.8 Å². The maximum atomic E-state index is 12.3. The zero-order chi connectivity index (χ0) is 13.2. The lowest BCUT2D eigenvalue weighted by molar-refractivity contribution is -0.132. The molecule has 1 aliphatic heterocycles. The molecule has 96 valence electrons. The van der Waals surface area contributed by atoms with E-state index in [0.29, 0.717) is 6.42 Å². The van der Waals surface area contributed by atoms with Crippen molar-refractivity contribution in [3.05, 3.63) is 35.9 Å². The molecule has 18 heavy (non-hydrogen) atoms. The van der Waals surface area contributed by atoms with Gasteiger partial charge in [0.25, 0.3) is 0 Å². The van der Waals surface area contributed by atoms with E-state index >= 15 is 0 Å². The highest BCUT2D eigenvalue weighted by Crippen LogP contribution is 2.45. The predicted octanol–water partition coefficient (Wildman–Crippen LogP) is 2.46. The summed E-state index contributed by atoms with van der Waals surface area (Å²) < 4.78 is -0.629. The van der Waals surface area contributed by atoms with Gasteiger partial charge >= 0.3 is 0 Å². The molecule has 1 N–H and O–H groups in total. The lowest BCUT2D eigenvalue weighted by Crippen LogP contribution is -2.53. The highest BCUT2D eigenvalue weighted by atomic mass is 32.2. The fraction of sp³-hybridized carbons (Fsp3) is 0.429. The first-order valence-corrected chi connectivity index (χ1v) is 7.10. The normalized spacial score (nSPS) is 28.0. The van der Waals surface area contributed by atoms with Gasteiger partial charge in [-0.3, -0.25) is 14.9 Å². The largest absolute Gasteiger partial charge is 0.294 e. The van der Waals surface area contributed by atoms with Gasteiger partial charge in [0.2, 0.25) is 11.8 Å². The molecular formula is C14H17NO2S. The fourth-order valence-corrected chi connectivity index (χ4v) is 3.68. The van der Waals surface area contributed by atoms with Gasteiger partial charge in [-0.1, -0.05) is 44.2 Å². The highest BCUT2D eigenvalue weighted by molar-refractivity contribution is 8.02. The smallest absolute Gasteiger partial charge is 0.247 e. The van der Waals surface area contributed by atoms with Crippen LogP contribution < -0.4 is 5.32 Å². The van der Waals surface area contributed by atoms with Crippen LogP contribution in [0.5, 0.6) is 0 Å². The molecule has 0 radical (unpaired) electrons. The SMILES string of the molecule is CCC1SC(CC)(c2ccccc2)C(=O)NC1=O. The van der Waals surface area contributed by atoms with Gasteiger partial charge in [-0.2, -0.15) is 0 Å². The zero-order valence-electron chi connectivity index (χ0n) is 10.6. The summed E-state index contributed by atoms with van der Waals surface area (Å²) in [5.41, 5.74) is 0.973. The van der Waals surface area contributed by atoms with Crippen LogP contribution in [0.25, 0.3) is 0 Å². The summed E-state index contributed by atoms with van der Waals surface area (Å²) in [6, 6.07) is 9.70. The average molecular weight is 263 g/mol. The van der Waals surface area contributed by atoms with Crippen molar-refractivity contribution in [3.8, 4) is 0 Å². The number of carbonyl (C=O) groups is 2. The minimum atomic E-state index is -0.629. The second-order valence-electron chi connectivity index (χ2n) is 4.38. The molecule has 1 aliphatic rings. The summed E-state index contributed by atoms with van der Waals surface area (Å²) >= 11 is 1.49. The molecule has 2 amide bonds. The molecule has 1 heterocycles. The van der Waals surface area contributed by atoms with Crippen molar-refractivity contribution < 1.29 is 9.59 Å². The van der Waals surface area contributed by atoms with Gasteiger partial charge in [0, 0.05) is 0 Å². The lowest BCUT2D eigenvalue weighted by atomic mass is 9.94. The quantitative estimate of drug-likeness (QED) is 0.852. The maximum Gasteiger partial charge on any atom is 0.247 e. The van der Waals surface area contributed by atoms with E-state index in [-0.39, 0.29) is 17.1 Å². The summed E-state index contributed by atoms with van der Waals surface area (Å²) in [5, 5.41) is 2.37.